The molecular weight excluding hydrogens is 494 g/mol. The number of benzene rings is 2. The third-order valence-electron chi connectivity index (χ3n) is 5.77. The van der Waals surface area contributed by atoms with E-state index in [1.54, 1.807) is 7.05 Å². The Morgan fingerprint density at radius 1 is 1.13 bits per heavy atom. The molecule has 1 aliphatic heterocycles. The van der Waals surface area contributed by atoms with Crippen LogP contribution in [-0.2, 0) is 4.74 Å². The van der Waals surface area contributed by atoms with Gasteiger partial charge in [0, 0.05) is 38.6 Å². The SMILES string of the molecule is CN=C(NCC(c1ccc(F)cc1)N1CCOCC1)NC1CC1c1ccccc1.I. The predicted octanol–water partition coefficient (Wildman–Crippen LogP) is 3.54. The second-order valence-electron chi connectivity index (χ2n) is 7.67. The van der Waals surface area contributed by atoms with Crippen LogP contribution in [0.15, 0.2) is 59.6 Å². The van der Waals surface area contributed by atoms with Crippen molar-refractivity contribution in [3.8, 4) is 0 Å². The van der Waals surface area contributed by atoms with E-state index in [0.717, 1.165) is 44.2 Å². The summed E-state index contributed by atoms with van der Waals surface area (Å²) in [4.78, 5) is 6.80. The van der Waals surface area contributed by atoms with Gasteiger partial charge in [0.1, 0.15) is 5.82 Å². The summed E-state index contributed by atoms with van der Waals surface area (Å²) in [7, 11) is 1.80. The lowest BCUT2D eigenvalue weighted by Crippen LogP contribution is -2.46. The molecule has 2 aromatic rings. The lowest BCUT2D eigenvalue weighted by molar-refractivity contribution is 0.0170. The Hall–Kier alpha value is -1.71. The van der Waals surface area contributed by atoms with E-state index in [-0.39, 0.29) is 35.8 Å². The molecule has 2 aromatic carbocycles. The van der Waals surface area contributed by atoms with Crippen molar-refractivity contribution in [3.63, 3.8) is 0 Å². The molecule has 5 nitrogen and oxygen atoms in total. The minimum atomic E-state index is -0.208. The molecule has 1 heterocycles. The summed E-state index contributed by atoms with van der Waals surface area (Å²) >= 11 is 0. The molecule has 0 spiro atoms. The second kappa shape index (κ2) is 11.1. The minimum absolute atomic E-state index is 0. The van der Waals surface area contributed by atoms with Gasteiger partial charge in [0.15, 0.2) is 5.96 Å². The van der Waals surface area contributed by atoms with Gasteiger partial charge in [-0.25, -0.2) is 4.39 Å². The van der Waals surface area contributed by atoms with E-state index in [2.05, 4.69) is 50.9 Å². The lowest BCUT2D eigenvalue weighted by atomic mass is 10.0. The summed E-state index contributed by atoms with van der Waals surface area (Å²) in [5.74, 6) is 1.15. The van der Waals surface area contributed by atoms with Gasteiger partial charge >= 0.3 is 0 Å². The molecule has 2 N–H and O–H groups in total. The minimum Gasteiger partial charge on any atom is -0.379 e. The zero-order valence-electron chi connectivity index (χ0n) is 17.3. The first-order valence-corrected chi connectivity index (χ1v) is 10.3. The van der Waals surface area contributed by atoms with Crippen LogP contribution in [0.2, 0.25) is 0 Å². The monoisotopic (exact) mass is 524 g/mol. The van der Waals surface area contributed by atoms with E-state index in [9.17, 15) is 4.39 Å². The van der Waals surface area contributed by atoms with Crippen LogP contribution in [-0.4, -0.2) is 56.8 Å². The van der Waals surface area contributed by atoms with Crippen molar-refractivity contribution >= 4 is 29.9 Å². The molecule has 1 aliphatic carbocycles. The highest BCUT2D eigenvalue weighted by molar-refractivity contribution is 14.0. The van der Waals surface area contributed by atoms with Gasteiger partial charge in [0.25, 0.3) is 0 Å². The molecule has 0 radical (unpaired) electrons. The van der Waals surface area contributed by atoms with Crippen LogP contribution in [0.4, 0.5) is 4.39 Å². The van der Waals surface area contributed by atoms with E-state index in [4.69, 9.17) is 4.74 Å². The lowest BCUT2D eigenvalue weighted by Gasteiger charge is -2.35. The predicted molar refractivity (Wildman–Crippen MR) is 129 cm³/mol. The summed E-state index contributed by atoms with van der Waals surface area (Å²) in [5, 5.41) is 7.03. The van der Waals surface area contributed by atoms with Crippen molar-refractivity contribution in [1.29, 1.82) is 0 Å². The molecule has 0 bridgehead atoms. The highest BCUT2D eigenvalue weighted by Gasteiger charge is 2.39. The molecule has 1 saturated carbocycles. The standard InChI is InChI=1S/C23H29FN4O.HI/c1-25-23(27-21-15-20(21)17-5-3-2-4-6-17)26-16-22(28-11-13-29-14-12-28)18-7-9-19(24)10-8-18;/h2-10,20-22H,11-16H2,1H3,(H2,25,26,27);1H. The smallest absolute Gasteiger partial charge is 0.191 e. The summed E-state index contributed by atoms with van der Waals surface area (Å²) in [6.45, 7) is 3.90. The fraction of sp³-hybridized carbons (Fsp3) is 0.435. The van der Waals surface area contributed by atoms with Gasteiger partial charge in [-0.3, -0.25) is 9.89 Å². The summed E-state index contributed by atoms with van der Waals surface area (Å²) < 4.78 is 18.9. The molecule has 0 amide bonds. The van der Waals surface area contributed by atoms with Gasteiger partial charge in [0.2, 0.25) is 0 Å². The number of aliphatic imine (C=N–C) groups is 1. The fourth-order valence-corrected chi connectivity index (χ4v) is 4.02. The number of nitrogens with one attached hydrogen (secondary N) is 2. The molecule has 2 fully saturated rings. The van der Waals surface area contributed by atoms with Crippen LogP contribution in [0.1, 0.15) is 29.5 Å². The van der Waals surface area contributed by atoms with E-state index in [1.807, 2.05) is 12.1 Å². The first-order chi connectivity index (χ1) is 14.2. The van der Waals surface area contributed by atoms with E-state index in [0.29, 0.717) is 18.5 Å². The maximum atomic E-state index is 13.4. The Labute approximate surface area is 195 Å². The van der Waals surface area contributed by atoms with Gasteiger partial charge in [0.05, 0.1) is 19.3 Å². The van der Waals surface area contributed by atoms with Crippen molar-refractivity contribution in [2.75, 3.05) is 39.9 Å². The van der Waals surface area contributed by atoms with Gasteiger partial charge < -0.3 is 15.4 Å². The highest BCUT2D eigenvalue weighted by Crippen LogP contribution is 2.40. The molecule has 3 atom stereocenters. The Kier molecular flexibility index (Phi) is 8.47. The van der Waals surface area contributed by atoms with Crippen LogP contribution < -0.4 is 10.6 Å². The van der Waals surface area contributed by atoms with Crippen LogP contribution in [0.3, 0.4) is 0 Å². The van der Waals surface area contributed by atoms with E-state index >= 15 is 0 Å². The van der Waals surface area contributed by atoms with Crippen molar-refractivity contribution < 1.29 is 9.13 Å². The largest absolute Gasteiger partial charge is 0.379 e. The number of morpholine rings is 1. The molecular formula is C23H30FIN4O. The Balaban J connectivity index is 0.00000256. The first-order valence-electron chi connectivity index (χ1n) is 10.3. The Morgan fingerprint density at radius 3 is 2.50 bits per heavy atom. The maximum absolute atomic E-state index is 13.4. The topological polar surface area (TPSA) is 48.9 Å². The second-order valence-corrected chi connectivity index (χ2v) is 7.67. The summed E-state index contributed by atoms with van der Waals surface area (Å²) in [6.07, 6.45) is 1.12. The van der Waals surface area contributed by atoms with Crippen LogP contribution in [0.5, 0.6) is 0 Å². The van der Waals surface area contributed by atoms with Crippen LogP contribution in [0, 0.1) is 5.82 Å². The number of hydrogen-bond donors (Lipinski definition) is 2. The zero-order valence-corrected chi connectivity index (χ0v) is 19.6. The average molecular weight is 524 g/mol. The van der Waals surface area contributed by atoms with E-state index in [1.165, 1.54) is 17.7 Å². The van der Waals surface area contributed by atoms with Crippen LogP contribution >= 0.6 is 24.0 Å². The third-order valence-corrected chi connectivity index (χ3v) is 5.77. The molecule has 4 rings (SSSR count). The number of nitrogens with zero attached hydrogens (tertiary/aromatic N) is 2. The van der Waals surface area contributed by atoms with Crippen molar-refractivity contribution in [1.82, 2.24) is 15.5 Å². The molecule has 0 aromatic heterocycles. The van der Waals surface area contributed by atoms with Gasteiger partial charge in [-0.15, -0.1) is 24.0 Å². The van der Waals surface area contributed by atoms with E-state index < -0.39 is 0 Å². The van der Waals surface area contributed by atoms with Crippen molar-refractivity contribution in [3.05, 3.63) is 71.5 Å². The van der Waals surface area contributed by atoms with Gasteiger partial charge in [-0.2, -0.15) is 0 Å². The Morgan fingerprint density at radius 2 is 1.83 bits per heavy atom. The summed E-state index contributed by atoms with van der Waals surface area (Å²) in [6, 6.07) is 18.0. The third kappa shape index (κ3) is 5.92. The normalized spacial score (nSPS) is 22.7. The quantitative estimate of drug-likeness (QED) is 0.345. The first kappa shape index (κ1) is 23.0. The average Bonchev–Trinajstić information content (AvgIpc) is 3.55. The number of hydrogen-bond acceptors (Lipinski definition) is 3. The highest BCUT2D eigenvalue weighted by atomic mass is 127. The Bertz CT molecular complexity index is 812. The number of rotatable bonds is 6. The molecule has 1 saturated heterocycles. The zero-order chi connectivity index (χ0) is 20.1. The van der Waals surface area contributed by atoms with Crippen LogP contribution in [0.25, 0.3) is 0 Å². The molecule has 3 unspecified atom stereocenters. The molecule has 2 aliphatic rings. The summed E-state index contributed by atoms with van der Waals surface area (Å²) in [5.41, 5.74) is 2.47. The number of ether oxygens (including phenoxy) is 1. The van der Waals surface area contributed by atoms with Gasteiger partial charge in [-0.05, 0) is 29.7 Å². The number of guanidine groups is 1. The number of halogens is 2. The van der Waals surface area contributed by atoms with Crippen molar-refractivity contribution in [2.45, 2.75) is 24.4 Å². The maximum Gasteiger partial charge on any atom is 0.191 e. The van der Waals surface area contributed by atoms with Gasteiger partial charge in [-0.1, -0.05) is 42.5 Å². The van der Waals surface area contributed by atoms with Crippen molar-refractivity contribution in [2.24, 2.45) is 4.99 Å². The molecule has 30 heavy (non-hydrogen) atoms. The fourth-order valence-electron chi connectivity index (χ4n) is 4.02. The molecule has 162 valence electrons. The molecule has 7 heteroatoms.